The number of rotatable bonds is 5. The SMILES string of the molecule is CCCOc1cccc(/C=C(/C#N)c2nc(C)cs2)c1. The Morgan fingerprint density at radius 2 is 2.35 bits per heavy atom. The summed E-state index contributed by atoms with van der Waals surface area (Å²) < 4.78 is 5.60. The van der Waals surface area contributed by atoms with Crippen molar-refractivity contribution >= 4 is 23.0 Å². The molecule has 0 N–H and O–H groups in total. The summed E-state index contributed by atoms with van der Waals surface area (Å²) in [6.07, 6.45) is 2.82. The summed E-state index contributed by atoms with van der Waals surface area (Å²) in [5, 5.41) is 12.0. The van der Waals surface area contributed by atoms with Gasteiger partial charge in [0, 0.05) is 11.1 Å². The Hall–Kier alpha value is -2.12. The van der Waals surface area contributed by atoms with Gasteiger partial charge in [-0.15, -0.1) is 11.3 Å². The monoisotopic (exact) mass is 284 g/mol. The van der Waals surface area contributed by atoms with Crippen LogP contribution in [-0.2, 0) is 0 Å². The minimum absolute atomic E-state index is 0.579. The molecular formula is C16H16N2OS. The molecule has 4 heteroatoms. The summed E-state index contributed by atoms with van der Waals surface area (Å²) in [5.74, 6) is 0.827. The Labute approximate surface area is 123 Å². The number of thiazole rings is 1. The lowest BCUT2D eigenvalue weighted by atomic mass is 10.1. The van der Waals surface area contributed by atoms with Gasteiger partial charge in [0.15, 0.2) is 0 Å². The molecule has 0 saturated carbocycles. The third kappa shape index (κ3) is 3.69. The van der Waals surface area contributed by atoms with Crippen molar-refractivity contribution < 1.29 is 4.74 Å². The highest BCUT2D eigenvalue weighted by atomic mass is 32.1. The average Bonchev–Trinajstić information content (AvgIpc) is 2.89. The molecule has 102 valence electrons. The molecular weight excluding hydrogens is 268 g/mol. The lowest BCUT2D eigenvalue weighted by Gasteiger charge is -2.05. The van der Waals surface area contributed by atoms with Crippen molar-refractivity contribution in [2.24, 2.45) is 0 Å². The maximum atomic E-state index is 9.28. The second-order valence-corrected chi connectivity index (χ2v) is 5.24. The smallest absolute Gasteiger partial charge is 0.134 e. The molecule has 1 aromatic heterocycles. The van der Waals surface area contributed by atoms with Crippen LogP contribution in [0.3, 0.4) is 0 Å². The minimum atomic E-state index is 0.579. The Morgan fingerprint density at radius 1 is 1.50 bits per heavy atom. The maximum Gasteiger partial charge on any atom is 0.134 e. The third-order valence-electron chi connectivity index (χ3n) is 2.61. The molecule has 0 aliphatic rings. The number of benzene rings is 1. The molecule has 3 nitrogen and oxygen atoms in total. The molecule has 0 spiro atoms. The maximum absolute atomic E-state index is 9.28. The van der Waals surface area contributed by atoms with Crippen LogP contribution in [0.1, 0.15) is 29.6 Å². The largest absolute Gasteiger partial charge is 0.494 e. The van der Waals surface area contributed by atoms with Gasteiger partial charge in [-0.2, -0.15) is 5.26 Å². The van der Waals surface area contributed by atoms with Crippen LogP contribution in [0.4, 0.5) is 0 Å². The van der Waals surface area contributed by atoms with E-state index in [-0.39, 0.29) is 0 Å². The van der Waals surface area contributed by atoms with Gasteiger partial charge in [0.05, 0.1) is 12.2 Å². The number of aromatic nitrogens is 1. The highest BCUT2D eigenvalue weighted by molar-refractivity contribution is 7.11. The molecule has 1 heterocycles. The van der Waals surface area contributed by atoms with Gasteiger partial charge in [-0.25, -0.2) is 4.98 Å². The summed E-state index contributed by atoms with van der Waals surface area (Å²) >= 11 is 1.49. The van der Waals surface area contributed by atoms with E-state index in [1.54, 1.807) is 0 Å². The molecule has 0 saturated heterocycles. The van der Waals surface area contributed by atoms with Gasteiger partial charge >= 0.3 is 0 Å². The average molecular weight is 284 g/mol. The number of ether oxygens (including phenoxy) is 1. The van der Waals surface area contributed by atoms with Gasteiger partial charge < -0.3 is 4.74 Å². The Bertz CT molecular complexity index is 652. The molecule has 0 fully saturated rings. The third-order valence-corrected chi connectivity index (χ3v) is 3.61. The molecule has 20 heavy (non-hydrogen) atoms. The standard InChI is InChI=1S/C16H16N2OS/c1-3-7-19-15-6-4-5-13(9-15)8-14(10-17)16-18-12(2)11-20-16/h4-6,8-9,11H,3,7H2,1-2H3/b14-8-. The van der Waals surface area contributed by atoms with Crippen LogP contribution < -0.4 is 4.74 Å². The van der Waals surface area contributed by atoms with Crippen molar-refractivity contribution in [1.29, 1.82) is 5.26 Å². The lowest BCUT2D eigenvalue weighted by Crippen LogP contribution is -1.94. The van der Waals surface area contributed by atoms with Gasteiger partial charge in [-0.1, -0.05) is 19.1 Å². The topological polar surface area (TPSA) is 45.9 Å². The quantitative estimate of drug-likeness (QED) is 0.769. The van der Waals surface area contributed by atoms with Crippen LogP contribution in [0.5, 0.6) is 5.75 Å². The Balaban J connectivity index is 2.26. The van der Waals surface area contributed by atoms with Gasteiger partial charge in [0.25, 0.3) is 0 Å². The van der Waals surface area contributed by atoms with E-state index in [2.05, 4.69) is 18.0 Å². The van der Waals surface area contributed by atoms with Crippen LogP contribution >= 0.6 is 11.3 Å². The fourth-order valence-corrected chi connectivity index (χ4v) is 2.46. The second-order valence-electron chi connectivity index (χ2n) is 4.38. The van der Waals surface area contributed by atoms with Gasteiger partial charge in [0.2, 0.25) is 0 Å². The number of hydrogen-bond acceptors (Lipinski definition) is 4. The molecule has 0 bridgehead atoms. The van der Waals surface area contributed by atoms with E-state index < -0.39 is 0 Å². The normalized spacial score (nSPS) is 11.2. The van der Waals surface area contributed by atoms with Gasteiger partial charge in [-0.05, 0) is 37.1 Å². The molecule has 2 aromatic rings. The van der Waals surface area contributed by atoms with Crippen molar-refractivity contribution in [3.8, 4) is 11.8 Å². The van der Waals surface area contributed by atoms with Crippen LogP contribution in [0.15, 0.2) is 29.6 Å². The number of aryl methyl sites for hydroxylation is 1. The van der Waals surface area contributed by atoms with Crippen LogP contribution in [0, 0.1) is 18.3 Å². The number of allylic oxidation sites excluding steroid dienone is 1. The summed E-state index contributed by atoms with van der Waals surface area (Å²) in [5.41, 5.74) is 2.46. The molecule has 1 aromatic carbocycles. The predicted octanol–water partition coefficient (Wildman–Crippen LogP) is 4.30. The predicted molar refractivity (Wildman–Crippen MR) is 82.6 cm³/mol. The number of hydrogen-bond donors (Lipinski definition) is 0. The van der Waals surface area contributed by atoms with E-state index in [0.717, 1.165) is 28.4 Å². The zero-order chi connectivity index (χ0) is 14.4. The summed E-state index contributed by atoms with van der Waals surface area (Å²) in [6, 6.07) is 9.96. The summed E-state index contributed by atoms with van der Waals surface area (Å²) in [4.78, 5) is 4.35. The first kappa shape index (κ1) is 14.3. The van der Waals surface area contributed by atoms with Gasteiger partial charge in [0.1, 0.15) is 16.8 Å². The molecule has 0 aliphatic carbocycles. The molecule has 0 unspecified atom stereocenters. The first-order valence-electron chi connectivity index (χ1n) is 6.50. The number of nitriles is 1. The summed E-state index contributed by atoms with van der Waals surface area (Å²) in [7, 11) is 0. The van der Waals surface area contributed by atoms with Crippen LogP contribution in [0.2, 0.25) is 0 Å². The van der Waals surface area contributed by atoms with E-state index in [1.165, 1.54) is 11.3 Å². The summed E-state index contributed by atoms with van der Waals surface area (Å²) in [6.45, 7) is 4.69. The zero-order valence-electron chi connectivity index (χ0n) is 11.6. The van der Waals surface area contributed by atoms with E-state index >= 15 is 0 Å². The highest BCUT2D eigenvalue weighted by Gasteiger charge is 2.06. The van der Waals surface area contributed by atoms with E-state index in [0.29, 0.717) is 12.2 Å². The van der Waals surface area contributed by atoms with E-state index in [9.17, 15) is 5.26 Å². The van der Waals surface area contributed by atoms with Crippen LogP contribution in [-0.4, -0.2) is 11.6 Å². The lowest BCUT2D eigenvalue weighted by molar-refractivity contribution is 0.317. The van der Waals surface area contributed by atoms with E-state index in [4.69, 9.17) is 4.74 Å². The van der Waals surface area contributed by atoms with Crippen molar-refractivity contribution in [2.75, 3.05) is 6.61 Å². The zero-order valence-corrected chi connectivity index (χ0v) is 12.4. The Kier molecular flexibility index (Phi) is 4.91. The number of nitrogens with zero attached hydrogens (tertiary/aromatic N) is 2. The van der Waals surface area contributed by atoms with Gasteiger partial charge in [-0.3, -0.25) is 0 Å². The fraction of sp³-hybridized carbons (Fsp3) is 0.250. The first-order chi connectivity index (χ1) is 9.72. The molecule has 0 radical (unpaired) electrons. The Morgan fingerprint density at radius 3 is 3.00 bits per heavy atom. The molecule has 0 aliphatic heterocycles. The fourth-order valence-electron chi connectivity index (χ4n) is 1.70. The second kappa shape index (κ2) is 6.88. The van der Waals surface area contributed by atoms with Crippen molar-refractivity contribution in [2.45, 2.75) is 20.3 Å². The van der Waals surface area contributed by atoms with E-state index in [1.807, 2.05) is 42.6 Å². The molecule has 0 atom stereocenters. The highest BCUT2D eigenvalue weighted by Crippen LogP contribution is 2.23. The minimum Gasteiger partial charge on any atom is -0.494 e. The van der Waals surface area contributed by atoms with Crippen molar-refractivity contribution in [1.82, 2.24) is 4.98 Å². The molecule has 0 amide bonds. The van der Waals surface area contributed by atoms with Crippen molar-refractivity contribution in [3.63, 3.8) is 0 Å². The van der Waals surface area contributed by atoms with Crippen LogP contribution in [0.25, 0.3) is 11.6 Å². The van der Waals surface area contributed by atoms with Crippen molar-refractivity contribution in [3.05, 3.63) is 45.9 Å². The first-order valence-corrected chi connectivity index (χ1v) is 7.38. The molecule has 2 rings (SSSR count).